The zero-order valence-electron chi connectivity index (χ0n) is 7.11. The minimum absolute atomic E-state index is 0.147. The van der Waals surface area contributed by atoms with Gasteiger partial charge in [0.05, 0.1) is 6.26 Å². The van der Waals surface area contributed by atoms with Crippen LogP contribution in [0.2, 0.25) is 0 Å². The Labute approximate surface area is 72.3 Å². The third-order valence-corrected chi connectivity index (χ3v) is 2.47. The predicted octanol–water partition coefficient (Wildman–Crippen LogP) is 0.829. The monoisotopic (exact) mass is 172 g/mol. The fourth-order valence-electron chi connectivity index (χ4n) is 1.85. The molecule has 0 aliphatic heterocycles. The van der Waals surface area contributed by atoms with Gasteiger partial charge in [-0.3, -0.25) is 0 Å². The lowest BCUT2D eigenvalue weighted by atomic mass is 9.79. The zero-order valence-corrected chi connectivity index (χ0v) is 7.11. The summed E-state index contributed by atoms with van der Waals surface area (Å²) >= 11 is 0. The zero-order chi connectivity index (χ0) is 8.97. The van der Waals surface area contributed by atoms with E-state index in [0.717, 1.165) is 31.1 Å². The Kier molecular flexibility index (Phi) is 3.56. The highest BCUT2D eigenvalue weighted by molar-refractivity contribution is 5.04. The molecular weight excluding hydrogens is 156 g/mol. The molecular formula is C9H16O3. The summed E-state index contributed by atoms with van der Waals surface area (Å²) in [4.78, 5) is 0. The highest BCUT2D eigenvalue weighted by Gasteiger charge is 2.23. The summed E-state index contributed by atoms with van der Waals surface area (Å²) in [6.45, 7) is 0.293. The molecule has 0 spiro atoms. The average Bonchev–Trinajstić information content (AvgIpc) is 2.16. The fourth-order valence-corrected chi connectivity index (χ4v) is 1.85. The van der Waals surface area contributed by atoms with Crippen molar-refractivity contribution in [1.29, 1.82) is 0 Å². The molecule has 3 heteroatoms. The number of allylic oxidation sites excluding steroid dienone is 1. The Morgan fingerprint density at radius 1 is 1.17 bits per heavy atom. The maximum absolute atomic E-state index is 8.93. The van der Waals surface area contributed by atoms with E-state index in [1.165, 1.54) is 0 Å². The summed E-state index contributed by atoms with van der Waals surface area (Å²) in [5.41, 5.74) is 0.944. The van der Waals surface area contributed by atoms with Crippen LogP contribution in [0.15, 0.2) is 11.8 Å². The molecule has 0 bridgehead atoms. The molecule has 0 radical (unpaired) electrons. The minimum atomic E-state index is 0.147. The van der Waals surface area contributed by atoms with Gasteiger partial charge in [0.1, 0.15) is 0 Å². The first-order valence-corrected chi connectivity index (χ1v) is 4.34. The van der Waals surface area contributed by atoms with Crippen LogP contribution < -0.4 is 0 Å². The van der Waals surface area contributed by atoms with Crippen LogP contribution in [0.25, 0.3) is 0 Å². The van der Waals surface area contributed by atoms with E-state index in [1.807, 2.05) is 0 Å². The van der Waals surface area contributed by atoms with Gasteiger partial charge >= 0.3 is 0 Å². The quantitative estimate of drug-likeness (QED) is 0.541. The van der Waals surface area contributed by atoms with E-state index in [2.05, 4.69) is 0 Å². The molecule has 12 heavy (non-hydrogen) atoms. The number of hydrogen-bond acceptors (Lipinski definition) is 3. The van der Waals surface area contributed by atoms with Gasteiger partial charge < -0.3 is 15.3 Å². The molecule has 1 fully saturated rings. The molecule has 3 nitrogen and oxygen atoms in total. The molecule has 1 aliphatic rings. The second kappa shape index (κ2) is 4.48. The van der Waals surface area contributed by atoms with Crippen LogP contribution in [0.1, 0.15) is 19.3 Å². The van der Waals surface area contributed by atoms with Gasteiger partial charge in [-0.15, -0.1) is 0 Å². The van der Waals surface area contributed by atoms with Crippen molar-refractivity contribution in [2.24, 2.45) is 11.8 Å². The molecule has 0 heterocycles. The van der Waals surface area contributed by atoms with E-state index >= 15 is 0 Å². The Morgan fingerprint density at radius 3 is 2.00 bits per heavy atom. The van der Waals surface area contributed by atoms with Gasteiger partial charge in [0.15, 0.2) is 0 Å². The summed E-state index contributed by atoms with van der Waals surface area (Å²) in [5, 5.41) is 26.6. The van der Waals surface area contributed by atoms with Crippen LogP contribution in [0, 0.1) is 11.8 Å². The van der Waals surface area contributed by atoms with Crippen molar-refractivity contribution in [2.75, 3.05) is 13.2 Å². The Balaban J connectivity index is 2.52. The third-order valence-electron chi connectivity index (χ3n) is 2.47. The Hall–Kier alpha value is -0.540. The average molecular weight is 172 g/mol. The first-order valence-electron chi connectivity index (χ1n) is 4.34. The normalized spacial score (nSPS) is 34.0. The number of aliphatic hydroxyl groups is 3. The molecule has 0 amide bonds. The van der Waals surface area contributed by atoms with Gasteiger partial charge in [0.25, 0.3) is 0 Å². The highest BCUT2D eigenvalue weighted by atomic mass is 16.3. The lowest BCUT2D eigenvalue weighted by Gasteiger charge is -2.28. The topological polar surface area (TPSA) is 60.7 Å². The maximum atomic E-state index is 8.93. The van der Waals surface area contributed by atoms with Crippen LogP contribution in [-0.2, 0) is 0 Å². The summed E-state index contributed by atoms with van der Waals surface area (Å²) in [6, 6.07) is 0. The van der Waals surface area contributed by atoms with Gasteiger partial charge in [-0.05, 0) is 36.7 Å². The van der Waals surface area contributed by atoms with Crippen molar-refractivity contribution in [2.45, 2.75) is 19.3 Å². The standard InChI is InChI=1S/C9H16O3/c10-4-7-1-8(5-11)3-9(2-7)6-12/h4,8-12H,1-3,5-6H2/t8-,9+. The molecule has 0 aromatic carbocycles. The van der Waals surface area contributed by atoms with Crippen molar-refractivity contribution in [1.82, 2.24) is 0 Å². The van der Waals surface area contributed by atoms with Gasteiger partial charge in [-0.1, -0.05) is 0 Å². The van der Waals surface area contributed by atoms with Crippen LogP contribution in [0.3, 0.4) is 0 Å². The van der Waals surface area contributed by atoms with E-state index in [1.54, 1.807) is 0 Å². The first kappa shape index (κ1) is 9.55. The Bertz CT molecular complexity index is 151. The van der Waals surface area contributed by atoms with Crippen molar-refractivity contribution in [3.63, 3.8) is 0 Å². The Morgan fingerprint density at radius 2 is 1.67 bits per heavy atom. The fraction of sp³-hybridized carbons (Fsp3) is 0.778. The highest BCUT2D eigenvalue weighted by Crippen LogP contribution is 2.31. The maximum Gasteiger partial charge on any atom is 0.0783 e. The second-order valence-corrected chi connectivity index (χ2v) is 3.53. The largest absolute Gasteiger partial charge is 0.516 e. The van der Waals surface area contributed by atoms with Crippen LogP contribution in [0.4, 0.5) is 0 Å². The third kappa shape index (κ3) is 2.22. The van der Waals surface area contributed by atoms with Crippen molar-refractivity contribution in [3.8, 4) is 0 Å². The molecule has 1 rings (SSSR count). The smallest absolute Gasteiger partial charge is 0.0783 e. The number of rotatable bonds is 2. The molecule has 2 atom stereocenters. The molecule has 1 aliphatic carbocycles. The molecule has 3 N–H and O–H groups in total. The summed E-state index contributed by atoms with van der Waals surface area (Å²) < 4.78 is 0. The number of hydrogen-bond donors (Lipinski definition) is 3. The molecule has 1 saturated carbocycles. The molecule has 70 valence electrons. The summed E-state index contributed by atoms with van der Waals surface area (Å²) in [6.07, 6.45) is 3.52. The van der Waals surface area contributed by atoms with Gasteiger partial charge in [0.2, 0.25) is 0 Å². The second-order valence-electron chi connectivity index (χ2n) is 3.53. The van der Waals surface area contributed by atoms with Gasteiger partial charge in [-0.2, -0.15) is 0 Å². The molecule has 0 aromatic heterocycles. The van der Waals surface area contributed by atoms with Gasteiger partial charge in [-0.25, -0.2) is 0 Å². The molecule has 0 aromatic rings. The summed E-state index contributed by atoms with van der Waals surface area (Å²) in [5.74, 6) is 0.434. The minimum Gasteiger partial charge on any atom is -0.516 e. The SMILES string of the molecule is OC=C1C[C@@H](CO)C[C@@H](CO)C1. The van der Waals surface area contributed by atoms with E-state index < -0.39 is 0 Å². The van der Waals surface area contributed by atoms with Crippen molar-refractivity contribution < 1.29 is 15.3 Å². The first-order chi connectivity index (χ1) is 5.80. The van der Waals surface area contributed by atoms with Crippen molar-refractivity contribution >= 4 is 0 Å². The number of aliphatic hydroxyl groups excluding tert-OH is 3. The molecule has 0 unspecified atom stereocenters. The van der Waals surface area contributed by atoms with E-state index in [4.69, 9.17) is 15.3 Å². The van der Waals surface area contributed by atoms with Gasteiger partial charge in [0, 0.05) is 13.2 Å². The van der Waals surface area contributed by atoms with Crippen LogP contribution >= 0.6 is 0 Å². The van der Waals surface area contributed by atoms with Crippen molar-refractivity contribution in [3.05, 3.63) is 11.8 Å². The van der Waals surface area contributed by atoms with E-state index in [-0.39, 0.29) is 25.0 Å². The summed E-state index contributed by atoms with van der Waals surface area (Å²) in [7, 11) is 0. The predicted molar refractivity (Wildman–Crippen MR) is 45.7 cm³/mol. The molecule has 0 saturated heterocycles. The van der Waals surface area contributed by atoms with E-state index in [0.29, 0.717) is 0 Å². The lowest BCUT2D eigenvalue weighted by Crippen LogP contribution is -2.22. The lowest BCUT2D eigenvalue weighted by molar-refractivity contribution is 0.140. The van der Waals surface area contributed by atoms with Crippen LogP contribution in [-0.4, -0.2) is 28.5 Å². The van der Waals surface area contributed by atoms with E-state index in [9.17, 15) is 0 Å². The van der Waals surface area contributed by atoms with Crippen LogP contribution in [0.5, 0.6) is 0 Å².